The summed E-state index contributed by atoms with van der Waals surface area (Å²) in [6.45, 7) is 3.52. The zero-order chi connectivity index (χ0) is 8.27. The predicted octanol–water partition coefficient (Wildman–Crippen LogP) is 1.86. The van der Waals surface area contributed by atoms with E-state index in [9.17, 15) is 4.79 Å². The summed E-state index contributed by atoms with van der Waals surface area (Å²) >= 11 is 0. The minimum absolute atomic E-state index is 0. The molecule has 4 heteroatoms. The second-order valence-corrected chi connectivity index (χ2v) is 2.17. The Morgan fingerprint density at radius 2 is 2.42 bits per heavy atom. The molecule has 0 aliphatic carbocycles. The van der Waals surface area contributed by atoms with Gasteiger partial charge in [-0.15, -0.1) is 19.0 Å². The molecule has 0 saturated carbocycles. The lowest BCUT2D eigenvalue weighted by Crippen LogP contribution is -1.98. The maximum atomic E-state index is 10.5. The van der Waals surface area contributed by atoms with Gasteiger partial charge in [-0.3, -0.25) is 0 Å². The highest BCUT2D eigenvalue weighted by molar-refractivity contribution is 5.89. The van der Waals surface area contributed by atoms with Gasteiger partial charge in [0.1, 0.15) is 0 Å². The number of aromatic amines is 1. The van der Waals surface area contributed by atoms with Crippen molar-refractivity contribution in [1.82, 2.24) is 4.98 Å². The normalized spacial score (nSPS) is 8.67. The Kier molecular flexibility index (Phi) is 4.15. The van der Waals surface area contributed by atoms with E-state index < -0.39 is 5.97 Å². The van der Waals surface area contributed by atoms with Gasteiger partial charge >= 0.3 is 5.97 Å². The molecule has 1 aromatic rings. The average molecular weight is 188 g/mol. The maximum absolute atomic E-state index is 10.5. The van der Waals surface area contributed by atoms with Crippen molar-refractivity contribution in [3.63, 3.8) is 0 Å². The van der Waals surface area contributed by atoms with E-state index >= 15 is 0 Å². The molecule has 1 aromatic heterocycles. The summed E-state index contributed by atoms with van der Waals surface area (Å²) in [4.78, 5) is 13.3. The van der Waals surface area contributed by atoms with Crippen molar-refractivity contribution in [2.75, 3.05) is 0 Å². The number of H-pyrrole nitrogens is 1. The van der Waals surface area contributed by atoms with Crippen molar-refractivity contribution in [2.45, 2.75) is 6.42 Å². The van der Waals surface area contributed by atoms with E-state index in [1.165, 1.54) is 0 Å². The van der Waals surface area contributed by atoms with Crippen LogP contribution in [0.2, 0.25) is 0 Å². The van der Waals surface area contributed by atoms with E-state index in [1.54, 1.807) is 18.3 Å². The van der Waals surface area contributed by atoms with Crippen molar-refractivity contribution in [1.29, 1.82) is 0 Å². The van der Waals surface area contributed by atoms with Gasteiger partial charge in [0.15, 0.2) is 0 Å². The van der Waals surface area contributed by atoms with Crippen LogP contribution in [0.15, 0.2) is 24.9 Å². The Hall–Kier alpha value is -1.22. The first-order valence-corrected chi connectivity index (χ1v) is 3.26. The van der Waals surface area contributed by atoms with Crippen LogP contribution < -0.4 is 0 Å². The summed E-state index contributed by atoms with van der Waals surface area (Å²) < 4.78 is 0. The molecule has 12 heavy (non-hydrogen) atoms. The highest BCUT2D eigenvalue weighted by atomic mass is 35.5. The van der Waals surface area contributed by atoms with Crippen LogP contribution in [0, 0.1) is 0 Å². The van der Waals surface area contributed by atoms with Gasteiger partial charge < -0.3 is 10.1 Å². The molecule has 66 valence electrons. The molecule has 0 atom stereocenters. The molecule has 0 fully saturated rings. The number of carboxylic acids is 1. The van der Waals surface area contributed by atoms with Gasteiger partial charge in [-0.25, -0.2) is 4.79 Å². The number of halogens is 1. The number of allylic oxidation sites excluding steroid dienone is 1. The highest BCUT2D eigenvalue weighted by Crippen LogP contribution is 2.06. The third-order valence-corrected chi connectivity index (χ3v) is 1.41. The summed E-state index contributed by atoms with van der Waals surface area (Å²) in [6.07, 6.45) is 3.84. The zero-order valence-electron chi connectivity index (χ0n) is 6.41. The molecule has 0 aliphatic rings. The summed E-state index contributed by atoms with van der Waals surface area (Å²) in [5.74, 6) is -0.900. The van der Waals surface area contributed by atoms with Crippen molar-refractivity contribution in [3.05, 3.63) is 36.2 Å². The standard InChI is InChI=1S/C8H9NO2.ClH/c1-2-3-7-6(8(10)11)4-5-9-7;/h2,4-5,9H,1,3H2,(H,10,11);1H. The Morgan fingerprint density at radius 3 is 2.92 bits per heavy atom. The van der Waals surface area contributed by atoms with Gasteiger partial charge in [-0.1, -0.05) is 6.08 Å². The number of carboxylic acid groups (broad SMARTS) is 1. The van der Waals surface area contributed by atoms with Gasteiger partial charge in [0.25, 0.3) is 0 Å². The fraction of sp³-hybridized carbons (Fsp3) is 0.125. The predicted molar refractivity (Wildman–Crippen MR) is 48.9 cm³/mol. The molecular formula is C8H10ClNO2. The highest BCUT2D eigenvalue weighted by Gasteiger charge is 2.08. The molecule has 2 N–H and O–H groups in total. The zero-order valence-corrected chi connectivity index (χ0v) is 7.23. The minimum atomic E-state index is -0.900. The Labute approximate surface area is 76.5 Å². The first kappa shape index (κ1) is 10.8. The van der Waals surface area contributed by atoms with E-state index in [-0.39, 0.29) is 12.4 Å². The van der Waals surface area contributed by atoms with Gasteiger partial charge in [0.2, 0.25) is 0 Å². The second-order valence-electron chi connectivity index (χ2n) is 2.17. The summed E-state index contributed by atoms with van der Waals surface area (Å²) in [5.41, 5.74) is 1.03. The van der Waals surface area contributed by atoms with E-state index in [1.807, 2.05) is 0 Å². The molecule has 3 nitrogen and oxygen atoms in total. The maximum Gasteiger partial charge on any atom is 0.337 e. The molecule has 0 aromatic carbocycles. The third-order valence-electron chi connectivity index (χ3n) is 1.41. The number of aromatic nitrogens is 1. The molecule has 1 rings (SSSR count). The van der Waals surface area contributed by atoms with Crippen LogP contribution >= 0.6 is 12.4 Å². The van der Waals surface area contributed by atoms with Crippen LogP contribution in [0.3, 0.4) is 0 Å². The largest absolute Gasteiger partial charge is 0.478 e. The first-order valence-electron chi connectivity index (χ1n) is 3.26. The van der Waals surface area contributed by atoms with Gasteiger partial charge in [-0.2, -0.15) is 0 Å². The van der Waals surface area contributed by atoms with Crippen molar-refractivity contribution in [2.24, 2.45) is 0 Å². The molecule has 0 radical (unpaired) electrons. The lowest BCUT2D eigenvalue weighted by atomic mass is 10.2. The van der Waals surface area contributed by atoms with Gasteiger partial charge in [0.05, 0.1) is 5.56 Å². The third kappa shape index (κ3) is 2.13. The average Bonchev–Trinajstić information content (AvgIpc) is 2.36. The van der Waals surface area contributed by atoms with Crippen LogP contribution in [0.25, 0.3) is 0 Å². The quantitative estimate of drug-likeness (QED) is 0.710. The number of nitrogens with one attached hydrogen (secondary N) is 1. The summed E-state index contributed by atoms with van der Waals surface area (Å²) in [7, 11) is 0. The number of hydrogen-bond donors (Lipinski definition) is 2. The Bertz CT molecular complexity index is 280. The van der Waals surface area contributed by atoms with Crippen molar-refractivity contribution >= 4 is 18.4 Å². The lowest BCUT2D eigenvalue weighted by molar-refractivity contribution is 0.0696. The smallest absolute Gasteiger partial charge is 0.337 e. The lowest BCUT2D eigenvalue weighted by Gasteiger charge is -1.93. The summed E-state index contributed by atoms with van der Waals surface area (Å²) in [6, 6.07) is 1.54. The topological polar surface area (TPSA) is 53.1 Å². The number of hydrogen-bond acceptors (Lipinski definition) is 1. The minimum Gasteiger partial charge on any atom is -0.478 e. The van der Waals surface area contributed by atoms with Gasteiger partial charge in [-0.05, 0) is 6.07 Å². The molecule has 0 aliphatic heterocycles. The van der Waals surface area contributed by atoms with Crippen LogP contribution in [0.4, 0.5) is 0 Å². The van der Waals surface area contributed by atoms with E-state index in [0.29, 0.717) is 17.7 Å². The second kappa shape index (κ2) is 4.62. The van der Waals surface area contributed by atoms with Crippen molar-refractivity contribution < 1.29 is 9.90 Å². The molecule has 0 unspecified atom stereocenters. The van der Waals surface area contributed by atoms with Crippen LogP contribution in [0.1, 0.15) is 16.1 Å². The molecule has 0 bridgehead atoms. The van der Waals surface area contributed by atoms with Crippen LogP contribution in [0.5, 0.6) is 0 Å². The van der Waals surface area contributed by atoms with E-state index in [4.69, 9.17) is 5.11 Å². The Morgan fingerprint density at radius 1 is 1.75 bits per heavy atom. The number of rotatable bonds is 3. The Balaban J connectivity index is 0.00000121. The molecule has 1 heterocycles. The molecule has 0 spiro atoms. The molecule has 0 amide bonds. The number of carbonyl (C=O) groups is 1. The monoisotopic (exact) mass is 187 g/mol. The van der Waals surface area contributed by atoms with Crippen LogP contribution in [-0.4, -0.2) is 16.1 Å². The first-order chi connectivity index (χ1) is 5.25. The van der Waals surface area contributed by atoms with E-state index in [2.05, 4.69) is 11.6 Å². The molecule has 0 saturated heterocycles. The summed E-state index contributed by atoms with van der Waals surface area (Å²) in [5, 5.41) is 8.63. The molecular weight excluding hydrogens is 178 g/mol. The van der Waals surface area contributed by atoms with E-state index in [0.717, 1.165) is 0 Å². The fourth-order valence-electron chi connectivity index (χ4n) is 0.918. The van der Waals surface area contributed by atoms with Gasteiger partial charge in [0, 0.05) is 18.3 Å². The number of aromatic carboxylic acids is 1. The SMILES string of the molecule is C=CCc1[nH]ccc1C(=O)O.Cl. The van der Waals surface area contributed by atoms with Crippen LogP contribution in [-0.2, 0) is 6.42 Å². The van der Waals surface area contributed by atoms with Crippen molar-refractivity contribution in [3.8, 4) is 0 Å². The fourth-order valence-corrected chi connectivity index (χ4v) is 0.918.